The van der Waals surface area contributed by atoms with Crippen LogP contribution in [0.5, 0.6) is 17.2 Å². The smallest absolute Gasteiger partial charge is 0.244 e. The van der Waals surface area contributed by atoms with Gasteiger partial charge in [-0.3, -0.25) is 9.59 Å². The third kappa shape index (κ3) is 4.54. The van der Waals surface area contributed by atoms with Crippen LogP contribution in [0.2, 0.25) is 0 Å². The first-order valence-corrected chi connectivity index (χ1v) is 8.76. The molecule has 2 amide bonds. The van der Waals surface area contributed by atoms with E-state index in [1.807, 2.05) is 32.0 Å². The summed E-state index contributed by atoms with van der Waals surface area (Å²) in [6.07, 6.45) is 0. The summed E-state index contributed by atoms with van der Waals surface area (Å²) in [5.41, 5.74) is 3.13. The summed E-state index contributed by atoms with van der Waals surface area (Å²) in [6.45, 7) is 5.09. The van der Waals surface area contributed by atoms with E-state index in [1.165, 1.54) is 33.2 Å². The van der Waals surface area contributed by atoms with Crippen molar-refractivity contribution >= 4 is 23.2 Å². The Bertz CT molecular complexity index is 834. The molecule has 150 valence electrons. The molecule has 2 aromatic carbocycles. The summed E-state index contributed by atoms with van der Waals surface area (Å²) >= 11 is 0. The number of amides is 2. The number of methoxy groups -OCH3 is 3. The van der Waals surface area contributed by atoms with E-state index in [4.69, 9.17) is 14.2 Å². The van der Waals surface area contributed by atoms with E-state index in [0.717, 1.165) is 16.8 Å². The minimum Gasteiger partial charge on any atom is -0.493 e. The number of para-hydroxylation sites is 1. The molecule has 28 heavy (non-hydrogen) atoms. The second kappa shape index (κ2) is 9.12. The molecule has 0 unspecified atom stereocenters. The third-order valence-corrected chi connectivity index (χ3v) is 4.39. The van der Waals surface area contributed by atoms with Gasteiger partial charge in [0.2, 0.25) is 17.6 Å². The largest absolute Gasteiger partial charge is 0.493 e. The van der Waals surface area contributed by atoms with Crippen LogP contribution in [0.4, 0.5) is 11.4 Å². The standard InChI is InChI=1S/C21H26N2O5/c1-13-8-7-9-14(2)20(13)22-19(25)12-23(15(3)24)16-10-17(26-4)21(28-6)18(11-16)27-5/h7-11H,12H2,1-6H3,(H,22,25). The van der Waals surface area contributed by atoms with Crippen LogP contribution in [-0.4, -0.2) is 39.7 Å². The molecule has 0 aliphatic carbocycles. The van der Waals surface area contributed by atoms with Crippen molar-refractivity contribution in [1.82, 2.24) is 0 Å². The van der Waals surface area contributed by atoms with E-state index in [0.29, 0.717) is 22.9 Å². The molecule has 0 bridgehead atoms. The number of hydrogen-bond donors (Lipinski definition) is 1. The molecule has 1 N–H and O–H groups in total. The highest BCUT2D eigenvalue weighted by Crippen LogP contribution is 2.41. The second-order valence-corrected chi connectivity index (χ2v) is 6.30. The van der Waals surface area contributed by atoms with E-state index in [9.17, 15) is 9.59 Å². The molecular formula is C21H26N2O5. The number of carbonyl (C=O) groups is 2. The fourth-order valence-corrected chi connectivity index (χ4v) is 2.94. The minimum absolute atomic E-state index is 0.151. The molecule has 0 heterocycles. The molecule has 0 fully saturated rings. The quantitative estimate of drug-likeness (QED) is 0.790. The number of benzene rings is 2. The van der Waals surface area contributed by atoms with Crippen LogP contribution in [0, 0.1) is 13.8 Å². The number of nitrogens with one attached hydrogen (secondary N) is 1. The van der Waals surface area contributed by atoms with Crippen molar-refractivity contribution in [3.63, 3.8) is 0 Å². The maximum atomic E-state index is 12.6. The number of aryl methyl sites for hydroxylation is 2. The lowest BCUT2D eigenvalue weighted by Crippen LogP contribution is -2.37. The first-order chi connectivity index (χ1) is 13.3. The van der Waals surface area contributed by atoms with Crippen molar-refractivity contribution in [3.05, 3.63) is 41.5 Å². The van der Waals surface area contributed by atoms with Crippen LogP contribution in [0.15, 0.2) is 30.3 Å². The van der Waals surface area contributed by atoms with Crippen LogP contribution >= 0.6 is 0 Å². The highest BCUT2D eigenvalue weighted by atomic mass is 16.5. The lowest BCUT2D eigenvalue weighted by molar-refractivity contribution is -0.120. The highest BCUT2D eigenvalue weighted by molar-refractivity contribution is 6.02. The van der Waals surface area contributed by atoms with Crippen LogP contribution in [0.25, 0.3) is 0 Å². The van der Waals surface area contributed by atoms with Gasteiger partial charge in [-0.05, 0) is 25.0 Å². The Morgan fingerprint density at radius 2 is 1.50 bits per heavy atom. The van der Waals surface area contributed by atoms with Crippen LogP contribution in [0.1, 0.15) is 18.1 Å². The van der Waals surface area contributed by atoms with Gasteiger partial charge in [0, 0.05) is 24.7 Å². The summed E-state index contributed by atoms with van der Waals surface area (Å²) in [5.74, 6) is 0.626. The third-order valence-electron chi connectivity index (χ3n) is 4.39. The van der Waals surface area contributed by atoms with Gasteiger partial charge in [0.25, 0.3) is 0 Å². The molecule has 0 saturated heterocycles. The van der Waals surface area contributed by atoms with E-state index >= 15 is 0 Å². The number of rotatable bonds is 7. The van der Waals surface area contributed by atoms with Crippen molar-refractivity contribution in [2.45, 2.75) is 20.8 Å². The molecule has 0 aliphatic heterocycles. The van der Waals surface area contributed by atoms with Crippen molar-refractivity contribution in [3.8, 4) is 17.2 Å². The molecule has 0 radical (unpaired) electrons. The lowest BCUT2D eigenvalue weighted by Gasteiger charge is -2.23. The van der Waals surface area contributed by atoms with Crippen molar-refractivity contribution in [1.29, 1.82) is 0 Å². The number of ether oxygens (including phenoxy) is 3. The van der Waals surface area contributed by atoms with Gasteiger partial charge < -0.3 is 24.4 Å². The normalized spacial score (nSPS) is 10.2. The topological polar surface area (TPSA) is 77.1 Å². The first kappa shape index (κ1) is 21.1. The van der Waals surface area contributed by atoms with Crippen LogP contribution < -0.4 is 24.4 Å². The average Bonchev–Trinajstić information content (AvgIpc) is 2.67. The van der Waals surface area contributed by atoms with Gasteiger partial charge >= 0.3 is 0 Å². The summed E-state index contributed by atoms with van der Waals surface area (Å²) in [4.78, 5) is 26.3. The van der Waals surface area contributed by atoms with E-state index in [-0.39, 0.29) is 18.4 Å². The Balaban J connectivity index is 2.33. The fraction of sp³-hybridized carbons (Fsp3) is 0.333. The van der Waals surface area contributed by atoms with Crippen molar-refractivity contribution in [2.24, 2.45) is 0 Å². The molecular weight excluding hydrogens is 360 g/mol. The van der Waals surface area contributed by atoms with E-state index in [1.54, 1.807) is 12.1 Å². The second-order valence-electron chi connectivity index (χ2n) is 6.30. The first-order valence-electron chi connectivity index (χ1n) is 8.76. The highest BCUT2D eigenvalue weighted by Gasteiger charge is 2.21. The molecule has 2 aromatic rings. The number of nitrogens with zero attached hydrogens (tertiary/aromatic N) is 1. The summed E-state index contributed by atoms with van der Waals surface area (Å²) in [6, 6.07) is 9.04. The molecule has 0 aromatic heterocycles. The average molecular weight is 386 g/mol. The predicted molar refractivity (Wildman–Crippen MR) is 109 cm³/mol. The van der Waals surface area contributed by atoms with E-state index in [2.05, 4.69) is 5.32 Å². The molecule has 0 aliphatic rings. The molecule has 7 heteroatoms. The monoisotopic (exact) mass is 386 g/mol. The predicted octanol–water partition coefficient (Wildman–Crippen LogP) is 3.32. The van der Waals surface area contributed by atoms with Gasteiger partial charge in [-0.1, -0.05) is 18.2 Å². The SMILES string of the molecule is COc1cc(N(CC(=O)Nc2c(C)cccc2C)C(C)=O)cc(OC)c1OC. The Labute approximate surface area is 165 Å². The summed E-state index contributed by atoms with van der Waals surface area (Å²) in [5, 5.41) is 2.89. The van der Waals surface area contributed by atoms with Crippen molar-refractivity contribution in [2.75, 3.05) is 38.1 Å². The Hall–Kier alpha value is -3.22. The van der Waals surface area contributed by atoms with Gasteiger partial charge in [-0.25, -0.2) is 0 Å². The molecule has 0 atom stereocenters. The molecule has 0 saturated carbocycles. The zero-order valence-electron chi connectivity index (χ0n) is 17.1. The lowest BCUT2D eigenvalue weighted by atomic mass is 10.1. The van der Waals surface area contributed by atoms with Gasteiger partial charge in [-0.2, -0.15) is 0 Å². The Kier molecular flexibility index (Phi) is 6.87. The maximum Gasteiger partial charge on any atom is 0.244 e. The summed E-state index contributed by atoms with van der Waals surface area (Å²) < 4.78 is 16.0. The minimum atomic E-state index is -0.304. The zero-order valence-corrected chi connectivity index (χ0v) is 17.1. The van der Waals surface area contributed by atoms with Crippen LogP contribution in [0.3, 0.4) is 0 Å². The zero-order chi connectivity index (χ0) is 20.8. The maximum absolute atomic E-state index is 12.6. The van der Waals surface area contributed by atoms with Gasteiger partial charge in [-0.15, -0.1) is 0 Å². The van der Waals surface area contributed by atoms with Gasteiger partial charge in [0.05, 0.1) is 27.0 Å². The van der Waals surface area contributed by atoms with Crippen LogP contribution in [-0.2, 0) is 9.59 Å². The summed E-state index contributed by atoms with van der Waals surface area (Å²) in [7, 11) is 4.49. The number of carbonyl (C=O) groups excluding carboxylic acids is 2. The number of hydrogen-bond acceptors (Lipinski definition) is 5. The number of anilines is 2. The van der Waals surface area contributed by atoms with Gasteiger partial charge in [0.1, 0.15) is 6.54 Å². The molecule has 2 rings (SSSR count). The van der Waals surface area contributed by atoms with E-state index < -0.39 is 0 Å². The Morgan fingerprint density at radius 1 is 0.964 bits per heavy atom. The molecule has 7 nitrogen and oxygen atoms in total. The Morgan fingerprint density at radius 3 is 1.93 bits per heavy atom. The fourth-order valence-electron chi connectivity index (χ4n) is 2.94. The molecule has 0 spiro atoms. The van der Waals surface area contributed by atoms with Gasteiger partial charge in [0.15, 0.2) is 11.5 Å². The van der Waals surface area contributed by atoms with Crippen molar-refractivity contribution < 1.29 is 23.8 Å².